The molecule has 2 saturated heterocycles. The first-order chi connectivity index (χ1) is 28.9. The third-order valence-corrected chi connectivity index (χ3v) is 11.7. The molecule has 0 saturated carbocycles. The van der Waals surface area contributed by atoms with Gasteiger partial charge in [-0.15, -0.1) is 0 Å². The maximum Gasteiger partial charge on any atom is 0.410 e. The van der Waals surface area contributed by atoms with E-state index in [0.717, 1.165) is 82.0 Å². The van der Waals surface area contributed by atoms with Crippen molar-refractivity contribution in [1.29, 1.82) is 0 Å². The molecule has 0 spiro atoms. The van der Waals surface area contributed by atoms with Crippen molar-refractivity contribution in [3.63, 3.8) is 0 Å². The first kappa shape index (κ1) is 43.7. The molecule has 326 valence electrons. The van der Waals surface area contributed by atoms with E-state index in [9.17, 15) is 14.4 Å². The fourth-order valence-corrected chi connectivity index (χ4v) is 9.31. The molecule has 0 unspecified atom stereocenters. The lowest BCUT2D eigenvalue weighted by Gasteiger charge is -2.29. The number of carbonyl (C=O) groups is 3. The smallest absolute Gasteiger partial charge is 0.410 e. The van der Waals surface area contributed by atoms with Gasteiger partial charge in [-0.2, -0.15) is 0 Å². The first-order valence-electron chi connectivity index (χ1n) is 21.8. The molecule has 61 heavy (non-hydrogen) atoms. The van der Waals surface area contributed by atoms with Crippen molar-refractivity contribution < 1.29 is 37.4 Å². The van der Waals surface area contributed by atoms with Crippen molar-refractivity contribution >= 4 is 40.0 Å². The Hall–Kier alpha value is -5.39. The van der Waals surface area contributed by atoms with Gasteiger partial charge >= 0.3 is 18.2 Å². The molecule has 0 aliphatic carbocycles. The zero-order valence-corrected chi connectivity index (χ0v) is 36.9. The number of hydrogen-bond donors (Lipinski definition) is 0. The van der Waals surface area contributed by atoms with E-state index in [1.807, 2.05) is 62.0 Å². The van der Waals surface area contributed by atoms with Crippen LogP contribution in [0.2, 0.25) is 0 Å². The van der Waals surface area contributed by atoms with Crippen molar-refractivity contribution in [2.75, 3.05) is 19.7 Å². The number of hydrogen-bond acceptors (Lipinski definition) is 6. The summed E-state index contributed by atoms with van der Waals surface area (Å²) in [7, 11) is 0. The predicted molar refractivity (Wildman–Crippen MR) is 234 cm³/mol. The second kappa shape index (κ2) is 17.5. The molecule has 3 aromatic carbocycles. The summed E-state index contributed by atoms with van der Waals surface area (Å²) in [4.78, 5) is 42.5. The number of aromatic nitrogens is 2. The van der Waals surface area contributed by atoms with Crippen LogP contribution in [0, 0.1) is 11.6 Å². The molecule has 2 aromatic heterocycles. The molecule has 2 aliphatic rings. The van der Waals surface area contributed by atoms with Crippen LogP contribution in [-0.4, -0.2) is 80.1 Å². The highest BCUT2D eigenvalue weighted by atomic mass is 19.1. The number of halogens is 2. The van der Waals surface area contributed by atoms with Crippen LogP contribution in [0.4, 0.5) is 18.4 Å². The Labute approximate surface area is 357 Å². The summed E-state index contributed by atoms with van der Waals surface area (Å²) in [5, 5.41) is 1.81. The Morgan fingerprint density at radius 2 is 1.08 bits per heavy atom. The number of esters is 1. The zero-order valence-electron chi connectivity index (χ0n) is 36.9. The zero-order chi connectivity index (χ0) is 43.8. The van der Waals surface area contributed by atoms with Crippen molar-refractivity contribution in [3.8, 4) is 22.5 Å². The van der Waals surface area contributed by atoms with E-state index in [0.29, 0.717) is 38.0 Å². The van der Waals surface area contributed by atoms with E-state index < -0.39 is 17.2 Å². The van der Waals surface area contributed by atoms with E-state index >= 15 is 8.78 Å². The Kier molecular flexibility index (Phi) is 12.6. The highest BCUT2D eigenvalue weighted by Crippen LogP contribution is 2.41. The van der Waals surface area contributed by atoms with Crippen molar-refractivity contribution in [3.05, 3.63) is 83.4 Å². The van der Waals surface area contributed by atoms with Crippen LogP contribution in [0.15, 0.2) is 60.7 Å². The first-order valence-corrected chi connectivity index (χ1v) is 21.8. The van der Waals surface area contributed by atoms with Gasteiger partial charge in [-0.05, 0) is 145 Å². The molecular weight excluding hydrogens is 779 g/mol. The highest BCUT2D eigenvalue weighted by molar-refractivity contribution is 5.94. The van der Waals surface area contributed by atoms with Gasteiger partial charge in [-0.3, -0.25) is 4.79 Å². The van der Waals surface area contributed by atoms with Gasteiger partial charge in [0.05, 0.1) is 29.0 Å². The average Bonchev–Trinajstić information content (AvgIpc) is 3.96. The predicted octanol–water partition coefficient (Wildman–Crippen LogP) is 11.1. The summed E-state index contributed by atoms with van der Waals surface area (Å²) in [6, 6.07) is 17.8. The Balaban J connectivity index is 1.34. The van der Waals surface area contributed by atoms with Crippen LogP contribution in [0.1, 0.15) is 98.6 Å². The molecule has 0 radical (unpaired) electrons. The lowest BCUT2D eigenvalue weighted by atomic mass is 9.95. The van der Waals surface area contributed by atoms with Gasteiger partial charge in [0.15, 0.2) is 0 Å². The molecule has 12 heteroatoms. The van der Waals surface area contributed by atoms with Gasteiger partial charge in [0.2, 0.25) is 0 Å². The minimum atomic E-state index is -0.646. The molecular formula is C49H60F2N4O6. The average molecular weight is 839 g/mol. The van der Waals surface area contributed by atoms with Gasteiger partial charge in [-0.1, -0.05) is 31.2 Å². The number of nitrogens with zero attached hydrogens (tertiary/aromatic N) is 4. The largest absolute Gasteiger partial charge is 0.464 e. The van der Waals surface area contributed by atoms with Crippen LogP contribution >= 0.6 is 0 Å². The van der Waals surface area contributed by atoms with Gasteiger partial charge in [-0.25, -0.2) is 18.4 Å². The number of rotatable bonds is 11. The molecule has 7 rings (SSSR count). The molecule has 0 N–H and O–H groups in total. The van der Waals surface area contributed by atoms with Crippen LogP contribution in [0.5, 0.6) is 0 Å². The lowest BCUT2D eigenvalue weighted by molar-refractivity contribution is -0.141. The van der Waals surface area contributed by atoms with Crippen LogP contribution in [0.25, 0.3) is 44.3 Å². The SMILES string of the molecule is CCCn1c(-c2ccc(-c3c(C[C@@H]4CCCN4C(=O)OC(C)(C)C)c4ccc(F)cc4n3CCOC(C)=O)cc2)c(C[C@@H]2CCCN2C(=O)OC(C)(C)C)c2ccc(F)cc21. The standard InChI is InChI=1S/C49H60F2N4O6/c1-9-22-54-42-27-34(50)18-20-38(42)40(29-36-12-10-23-52(36)46(57)60-48(3,4)5)44(54)32-14-16-33(17-15-32)45-41(30-37-13-11-24-53(37)47(58)61-49(6,7)8)39-21-19-35(51)28-43(39)55(45)25-26-59-31(2)56/h14-21,27-28,36-37H,9-13,22-26,29-30H2,1-8H3/t36-,37-/m0/s1. The maximum absolute atomic E-state index is 15.1. The van der Waals surface area contributed by atoms with Crippen LogP contribution < -0.4 is 0 Å². The quantitative estimate of drug-likeness (QED) is 0.0971. The van der Waals surface area contributed by atoms with E-state index in [1.54, 1.807) is 12.1 Å². The normalized spacial score (nSPS) is 17.1. The number of amides is 2. The Bertz CT molecular complexity index is 2420. The minimum absolute atomic E-state index is 0.0894. The minimum Gasteiger partial charge on any atom is -0.464 e. The fourth-order valence-electron chi connectivity index (χ4n) is 9.31. The number of fused-ring (bicyclic) bond motifs is 2. The molecule has 5 aromatic rings. The van der Waals surface area contributed by atoms with Crippen molar-refractivity contribution in [2.45, 2.75) is 137 Å². The van der Waals surface area contributed by atoms with Gasteiger partial charge < -0.3 is 33.1 Å². The molecule has 2 fully saturated rings. The van der Waals surface area contributed by atoms with E-state index in [1.165, 1.54) is 25.1 Å². The Morgan fingerprint density at radius 1 is 0.656 bits per heavy atom. The highest BCUT2D eigenvalue weighted by Gasteiger charge is 2.36. The summed E-state index contributed by atoms with van der Waals surface area (Å²) in [6.07, 6.45) is 4.55. The van der Waals surface area contributed by atoms with Gasteiger partial charge in [0, 0.05) is 49.4 Å². The number of likely N-dealkylation sites (tertiary alicyclic amines) is 2. The van der Waals surface area contributed by atoms with Crippen molar-refractivity contribution in [2.24, 2.45) is 0 Å². The second-order valence-corrected chi connectivity index (χ2v) is 18.5. The molecule has 2 aliphatic heterocycles. The maximum atomic E-state index is 15.1. The summed E-state index contributed by atoms with van der Waals surface area (Å²) in [5.41, 5.74) is 5.85. The molecule has 2 amide bonds. The van der Waals surface area contributed by atoms with Crippen LogP contribution in [-0.2, 0) is 44.9 Å². The number of benzene rings is 3. The van der Waals surface area contributed by atoms with Gasteiger partial charge in [0.25, 0.3) is 0 Å². The number of ether oxygens (including phenoxy) is 3. The summed E-state index contributed by atoms with van der Waals surface area (Å²) in [6.45, 7) is 16.9. The van der Waals surface area contributed by atoms with Crippen molar-refractivity contribution in [1.82, 2.24) is 18.9 Å². The molecule has 10 nitrogen and oxygen atoms in total. The number of carbonyl (C=O) groups excluding carboxylic acids is 3. The molecule has 4 heterocycles. The fraction of sp³-hybridized carbons (Fsp3) is 0.490. The molecule has 2 atom stereocenters. The summed E-state index contributed by atoms with van der Waals surface area (Å²) >= 11 is 0. The Morgan fingerprint density at radius 3 is 1.48 bits per heavy atom. The third-order valence-electron chi connectivity index (χ3n) is 11.7. The monoisotopic (exact) mass is 838 g/mol. The van der Waals surface area contributed by atoms with E-state index in [4.69, 9.17) is 14.2 Å². The summed E-state index contributed by atoms with van der Waals surface area (Å²) in [5.74, 6) is -1.11. The lowest BCUT2D eigenvalue weighted by Crippen LogP contribution is -2.40. The van der Waals surface area contributed by atoms with E-state index in [2.05, 4.69) is 35.8 Å². The topological polar surface area (TPSA) is 95.2 Å². The van der Waals surface area contributed by atoms with Crippen LogP contribution in [0.3, 0.4) is 0 Å². The van der Waals surface area contributed by atoms with Gasteiger partial charge in [0.1, 0.15) is 29.4 Å². The number of aryl methyl sites for hydroxylation is 1. The third kappa shape index (κ3) is 9.58. The van der Waals surface area contributed by atoms with E-state index in [-0.39, 0.29) is 49.1 Å². The second-order valence-electron chi connectivity index (χ2n) is 18.5. The molecule has 0 bridgehead atoms. The summed E-state index contributed by atoms with van der Waals surface area (Å²) < 4.78 is 51.4.